The van der Waals surface area contributed by atoms with Gasteiger partial charge in [-0.2, -0.15) is 13.2 Å². The number of methoxy groups -OCH3 is 1. The Labute approximate surface area is 242 Å². The lowest BCUT2D eigenvalue weighted by Gasteiger charge is -2.39. The van der Waals surface area contributed by atoms with E-state index in [1.54, 1.807) is 25.1 Å². The fraction of sp³-hybridized carbons (Fsp3) is 0.484. The van der Waals surface area contributed by atoms with E-state index in [4.69, 9.17) is 4.74 Å². The number of fused-ring (bicyclic) bond motifs is 1. The second-order valence-electron chi connectivity index (χ2n) is 10.6. The van der Waals surface area contributed by atoms with E-state index in [1.165, 1.54) is 12.1 Å². The predicted molar refractivity (Wildman–Crippen MR) is 154 cm³/mol. The number of nitrogens with zero attached hydrogens (tertiary/aromatic N) is 2. The van der Waals surface area contributed by atoms with Crippen molar-refractivity contribution in [1.29, 1.82) is 0 Å². The van der Waals surface area contributed by atoms with Gasteiger partial charge in [-0.15, -0.1) is 11.8 Å². The molecule has 1 fully saturated rings. The lowest BCUT2D eigenvalue weighted by Crippen LogP contribution is -2.41. The number of ether oxygens (including phenoxy) is 1. The molecule has 4 rings (SSSR count). The molecule has 6 nitrogen and oxygen atoms in total. The van der Waals surface area contributed by atoms with Gasteiger partial charge in [-0.05, 0) is 117 Å². The van der Waals surface area contributed by atoms with Crippen LogP contribution >= 0.6 is 11.8 Å². The topological polar surface area (TPSA) is 82.9 Å². The van der Waals surface area contributed by atoms with Crippen LogP contribution in [0.25, 0.3) is 10.9 Å². The van der Waals surface area contributed by atoms with Crippen LogP contribution < -0.4 is 4.74 Å². The van der Waals surface area contributed by atoms with Gasteiger partial charge in [-0.1, -0.05) is 0 Å². The number of likely N-dealkylation sites (tertiary alicyclic amines) is 1. The number of carboxylic acids is 1. The zero-order valence-electron chi connectivity index (χ0n) is 23.1. The number of pyridine rings is 1. The molecule has 10 heteroatoms. The third-order valence-electron chi connectivity index (χ3n) is 7.93. The third kappa shape index (κ3) is 8.83. The van der Waals surface area contributed by atoms with E-state index in [0.29, 0.717) is 24.5 Å². The Kier molecular flexibility index (Phi) is 10.9. The van der Waals surface area contributed by atoms with Crippen LogP contribution in [0.4, 0.5) is 13.2 Å². The van der Waals surface area contributed by atoms with Gasteiger partial charge in [-0.25, -0.2) is 0 Å². The number of aromatic nitrogens is 1. The SMILES string of the molecule is COc1ccc2nccc(C(O)CC[C@@H]3CCN(CCCSc4ccc(C(F)(F)F)cc4)C[C@@H]3CCC(=O)O)c2c1. The summed E-state index contributed by atoms with van der Waals surface area (Å²) in [5, 5.41) is 21.3. The van der Waals surface area contributed by atoms with E-state index in [0.717, 1.165) is 78.1 Å². The summed E-state index contributed by atoms with van der Waals surface area (Å²) in [5.74, 6) is 1.25. The van der Waals surface area contributed by atoms with Crippen LogP contribution in [0.1, 0.15) is 55.8 Å². The van der Waals surface area contributed by atoms with Crippen LogP contribution in [0.3, 0.4) is 0 Å². The minimum absolute atomic E-state index is 0.121. The molecule has 3 aromatic rings. The highest BCUT2D eigenvalue weighted by atomic mass is 32.2. The van der Waals surface area contributed by atoms with Crippen molar-refractivity contribution in [2.75, 3.05) is 32.5 Å². The summed E-state index contributed by atoms with van der Waals surface area (Å²) in [6, 6.07) is 12.7. The van der Waals surface area contributed by atoms with Crippen molar-refractivity contribution in [2.24, 2.45) is 11.8 Å². The number of halogens is 3. The number of aliphatic carboxylic acids is 1. The molecule has 222 valence electrons. The number of hydrogen-bond acceptors (Lipinski definition) is 6. The maximum atomic E-state index is 12.8. The lowest BCUT2D eigenvalue weighted by molar-refractivity contribution is -0.138. The van der Waals surface area contributed by atoms with Crippen molar-refractivity contribution < 1.29 is 32.9 Å². The van der Waals surface area contributed by atoms with Gasteiger partial charge >= 0.3 is 12.1 Å². The monoisotopic (exact) mass is 590 g/mol. The molecule has 0 amide bonds. The van der Waals surface area contributed by atoms with Crippen LogP contribution in [0, 0.1) is 11.8 Å². The molecule has 0 aliphatic carbocycles. The Hall–Kier alpha value is -2.82. The first-order valence-electron chi connectivity index (χ1n) is 14.0. The van der Waals surface area contributed by atoms with E-state index in [-0.39, 0.29) is 12.3 Å². The molecule has 1 aliphatic heterocycles. The summed E-state index contributed by atoms with van der Waals surface area (Å²) in [7, 11) is 1.61. The van der Waals surface area contributed by atoms with Crippen molar-refractivity contribution in [3.63, 3.8) is 0 Å². The van der Waals surface area contributed by atoms with Crippen LogP contribution in [0.2, 0.25) is 0 Å². The number of carboxylic acid groups (broad SMARTS) is 1. The Balaban J connectivity index is 1.29. The number of rotatable bonds is 13. The number of piperidine rings is 1. The first kappa shape index (κ1) is 31.1. The van der Waals surface area contributed by atoms with Crippen molar-refractivity contribution in [1.82, 2.24) is 9.88 Å². The van der Waals surface area contributed by atoms with Gasteiger partial charge in [0.15, 0.2) is 0 Å². The Bertz CT molecular complexity index is 1290. The normalized spacial score (nSPS) is 18.9. The van der Waals surface area contributed by atoms with Gasteiger partial charge < -0.3 is 19.8 Å². The Morgan fingerprint density at radius 1 is 1.15 bits per heavy atom. The van der Waals surface area contributed by atoms with E-state index < -0.39 is 23.8 Å². The van der Waals surface area contributed by atoms with Crippen molar-refractivity contribution in [3.8, 4) is 5.75 Å². The average molecular weight is 591 g/mol. The maximum Gasteiger partial charge on any atom is 0.416 e. The van der Waals surface area contributed by atoms with Crippen LogP contribution in [-0.2, 0) is 11.0 Å². The number of hydrogen-bond donors (Lipinski definition) is 2. The van der Waals surface area contributed by atoms with E-state index in [9.17, 15) is 28.2 Å². The predicted octanol–water partition coefficient (Wildman–Crippen LogP) is 7.06. The van der Waals surface area contributed by atoms with Crippen molar-refractivity contribution in [3.05, 3.63) is 65.9 Å². The number of benzene rings is 2. The zero-order valence-corrected chi connectivity index (χ0v) is 24.0. The molecule has 1 unspecified atom stereocenters. The minimum atomic E-state index is -4.33. The van der Waals surface area contributed by atoms with Gasteiger partial charge in [-0.3, -0.25) is 9.78 Å². The quantitative estimate of drug-likeness (QED) is 0.163. The highest BCUT2D eigenvalue weighted by Crippen LogP contribution is 2.36. The van der Waals surface area contributed by atoms with Gasteiger partial charge in [0.1, 0.15) is 5.75 Å². The van der Waals surface area contributed by atoms with Gasteiger partial charge in [0.25, 0.3) is 0 Å². The second kappa shape index (κ2) is 14.4. The number of alkyl halides is 3. The summed E-state index contributed by atoms with van der Waals surface area (Å²) >= 11 is 1.54. The summed E-state index contributed by atoms with van der Waals surface area (Å²) < 4.78 is 43.7. The molecule has 0 saturated carbocycles. The lowest BCUT2D eigenvalue weighted by atomic mass is 9.79. The van der Waals surface area contributed by atoms with Crippen LogP contribution in [0.5, 0.6) is 5.75 Å². The summed E-state index contributed by atoms with van der Waals surface area (Å²) in [6.07, 6.45) is 0.647. The first-order valence-corrected chi connectivity index (χ1v) is 15.0. The van der Waals surface area contributed by atoms with E-state index in [2.05, 4.69) is 9.88 Å². The minimum Gasteiger partial charge on any atom is -0.497 e. The number of carbonyl (C=O) groups is 1. The van der Waals surface area contributed by atoms with Crippen LogP contribution in [0.15, 0.2) is 59.6 Å². The molecule has 1 aliphatic rings. The fourth-order valence-electron chi connectivity index (χ4n) is 5.69. The highest BCUT2D eigenvalue weighted by molar-refractivity contribution is 7.99. The average Bonchev–Trinajstić information content (AvgIpc) is 2.96. The first-order chi connectivity index (χ1) is 19.6. The van der Waals surface area contributed by atoms with Gasteiger partial charge in [0, 0.05) is 29.4 Å². The molecule has 2 heterocycles. The molecule has 2 aromatic carbocycles. The van der Waals surface area contributed by atoms with Crippen molar-refractivity contribution >= 4 is 28.6 Å². The molecule has 0 spiro atoms. The number of thioether (sulfide) groups is 1. The molecule has 2 N–H and O–H groups in total. The molecular formula is C31H37F3N2O4S. The number of aliphatic hydroxyl groups is 1. The Morgan fingerprint density at radius 2 is 1.93 bits per heavy atom. The standard InChI is InChI=1S/C31H37F3N2O4S/c1-40-24-7-10-28-27(19-24)26(13-15-35-28)29(37)11-3-21-14-17-36(20-22(21)4-12-30(38)39)16-2-18-41-25-8-5-23(6-9-25)31(32,33)34/h5-10,13,15,19,21-22,29,37H,2-4,11-12,14,16-18,20H2,1H3,(H,38,39)/t21-,22+,29?/m1/s1. The molecule has 41 heavy (non-hydrogen) atoms. The second-order valence-corrected chi connectivity index (χ2v) is 11.8. The summed E-state index contributed by atoms with van der Waals surface area (Å²) in [6.45, 7) is 2.58. The van der Waals surface area contributed by atoms with Gasteiger partial charge in [0.05, 0.1) is 24.3 Å². The summed E-state index contributed by atoms with van der Waals surface area (Å²) in [4.78, 5) is 18.9. The largest absolute Gasteiger partial charge is 0.497 e. The Morgan fingerprint density at radius 3 is 2.63 bits per heavy atom. The molecule has 1 saturated heterocycles. The van der Waals surface area contributed by atoms with Gasteiger partial charge in [0.2, 0.25) is 0 Å². The molecule has 1 aromatic heterocycles. The summed E-state index contributed by atoms with van der Waals surface area (Å²) in [5.41, 5.74) is 0.976. The zero-order chi connectivity index (χ0) is 29.4. The highest BCUT2D eigenvalue weighted by Gasteiger charge is 2.31. The smallest absolute Gasteiger partial charge is 0.416 e. The van der Waals surface area contributed by atoms with E-state index >= 15 is 0 Å². The molecule has 3 atom stereocenters. The van der Waals surface area contributed by atoms with Crippen molar-refractivity contribution in [2.45, 2.75) is 55.7 Å². The fourth-order valence-corrected chi connectivity index (χ4v) is 6.52. The molecule has 0 radical (unpaired) electrons. The maximum absolute atomic E-state index is 12.8. The van der Waals surface area contributed by atoms with E-state index in [1.807, 2.05) is 24.3 Å². The molecular weight excluding hydrogens is 553 g/mol. The third-order valence-corrected chi connectivity index (χ3v) is 9.02. The molecule has 0 bridgehead atoms. The number of aliphatic hydroxyl groups excluding tert-OH is 1. The van der Waals surface area contributed by atoms with Crippen LogP contribution in [-0.4, -0.2) is 58.6 Å².